The minimum Gasteiger partial charge on any atom is -0.360 e. The number of carbonyl (C=O) groups is 2. The Bertz CT molecular complexity index is 620. The first-order valence-electron chi connectivity index (χ1n) is 9.26. The number of carbonyl (C=O) groups excluding carboxylic acids is 2. The molecule has 1 heterocycles. The molecule has 1 aromatic heterocycles. The molecule has 0 unspecified atom stereocenters. The van der Waals surface area contributed by atoms with Gasteiger partial charge in [-0.25, -0.2) is 4.98 Å². The average Bonchev–Trinajstić information content (AvgIpc) is 2.57. The van der Waals surface area contributed by atoms with Crippen LogP contribution in [0.3, 0.4) is 0 Å². The maximum Gasteiger partial charge on any atom is 0.239 e. The van der Waals surface area contributed by atoms with E-state index in [9.17, 15) is 9.59 Å². The van der Waals surface area contributed by atoms with Gasteiger partial charge >= 0.3 is 0 Å². The van der Waals surface area contributed by atoms with Crippen molar-refractivity contribution in [2.45, 2.75) is 59.8 Å². The summed E-state index contributed by atoms with van der Waals surface area (Å²) >= 11 is 0. The molecule has 0 spiro atoms. The second-order valence-corrected chi connectivity index (χ2v) is 7.76. The molecule has 1 rings (SSSR count). The molecule has 0 saturated heterocycles. The quantitative estimate of drug-likeness (QED) is 0.415. The van der Waals surface area contributed by atoms with E-state index in [4.69, 9.17) is 5.41 Å². The molecule has 0 bridgehead atoms. The summed E-state index contributed by atoms with van der Waals surface area (Å²) in [5.74, 6) is -0.0763. The van der Waals surface area contributed by atoms with Gasteiger partial charge in [-0.1, -0.05) is 40.0 Å². The van der Waals surface area contributed by atoms with Gasteiger partial charge < -0.3 is 10.6 Å². The summed E-state index contributed by atoms with van der Waals surface area (Å²) in [5, 5.41) is 13.6. The first kappa shape index (κ1) is 21.8. The van der Waals surface area contributed by atoms with Crippen LogP contribution >= 0.6 is 0 Å². The lowest BCUT2D eigenvalue weighted by Gasteiger charge is -2.17. The second kappa shape index (κ2) is 10.7. The molecule has 144 valence electrons. The zero-order chi connectivity index (χ0) is 19.6. The molecule has 0 aromatic carbocycles. The monoisotopic (exact) mass is 360 g/mol. The number of hydrogen-bond acceptors (Lipinski definition) is 5. The third kappa shape index (κ3) is 8.74. The van der Waals surface area contributed by atoms with Crippen molar-refractivity contribution in [3.05, 3.63) is 23.9 Å². The molecular formula is C20H32N4O2. The van der Waals surface area contributed by atoms with E-state index in [1.807, 2.05) is 0 Å². The van der Waals surface area contributed by atoms with E-state index >= 15 is 0 Å². The first-order chi connectivity index (χ1) is 12.2. The van der Waals surface area contributed by atoms with E-state index in [0.717, 1.165) is 12.8 Å². The first-order valence-corrected chi connectivity index (χ1v) is 9.26. The Labute approximate surface area is 156 Å². The molecule has 0 saturated carbocycles. The van der Waals surface area contributed by atoms with E-state index in [-0.39, 0.29) is 23.9 Å². The molecule has 0 radical (unpaired) electrons. The van der Waals surface area contributed by atoms with E-state index < -0.39 is 0 Å². The molecule has 0 aliphatic rings. The maximum atomic E-state index is 11.9. The number of nitrogens with zero attached hydrogens (tertiary/aromatic N) is 1. The number of nitrogens with one attached hydrogen (secondary N) is 3. The minimum atomic E-state index is -0.336. The van der Waals surface area contributed by atoms with Gasteiger partial charge in [0.1, 0.15) is 11.5 Å². The van der Waals surface area contributed by atoms with Gasteiger partial charge in [-0.2, -0.15) is 0 Å². The number of ketones is 1. The van der Waals surface area contributed by atoms with Gasteiger partial charge in [-0.05, 0) is 30.4 Å². The van der Waals surface area contributed by atoms with Crippen LogP contribution in [0.1, 0.15) is 65.4 Å². The molecule has 0 aliphatic carbocycles. The van der Waals surface area contributed by atoms with E-state index in [2.05, 4.69) is 36.4 Å². The van der Waals surface area contributed by atoms with Crippen LogP contribution in [0.15, 0.2) is 18.3 Å². The molecule has 0 atom stereocenters. The topological polar surface area (TPSA) is 94.9 Å². The third-order valence-electron chi connectivity index (χ3n) is 4.02. The molecule has 0 aliphatic heterocycles. The number of anilines is 1. The lowest BCUT2D eigenvalue weighted by molar-refractivity contribution is -0.119. The highest BCUT2D eigenvalue weighted by molar-refractivity contribution is 6.45. The van der Waals surface area contributed by atoms with Crippen molar-refractivity contribution in [1.29, 1.82) is 5.41 Å². The van der Waals surface area contributed by atoms with Crippen molar-refractivity contribution < 1.29 is 9.59 Å². The van der Waals surface area contributed by atoms with Gasteiger partial charge in [0.15, 0.2) is 5.78 Å². The Morgan fingerprint density at radius 3 is 2.50 bits per heavy atom. The standard InChI is InChI=1S/C20H32N4O2/c1-15(25)18(21)16-10-9-13-23-19(16)24-14-17(26)22-12-8-6-5-7-11-20(2,3)4/h9-10,13,21H,5-8,11-12,14H2,1-4H3,(H,22,26)(H,23,24). The van der Waals surface area contributed by atoms with E-state index in [1.54, 1.807) is 18.3 Å². The summed E-state index contributed by atoms with van der Waals surface area (Å²) in [6.45, 7) is 8.84. The van der Waals surface area contributed by atoms with Gasteiger partial charge in [0.05, 0.1) is 6.54 Å². The van der Waals surface area contributed by atoms with Crippen molar-refractivity contribution in [1.82, 2.24) is 10.3 Å². The average molecular weight is 361 g/mol. The number of rotatable bonds is 11. The van der Waals surface area contributed by atoms with Gasteiger partial charge in [0.25, 0.3) is 0 Å². The normalized spacial score (nSPS) is 11.1. The van der Waals surface area contributed by atoms with Gasteiger partial charge in [0.2, 0.25) is 5.91 Å². The van der Waals surface area contributed by atoms with Crippen molar-refractivity contribution in [2.75, 3.05) is 18.4 Å². The molecule has 6 heteroatoms. The number of aromatic nitrogens is 1. The van der Waals surface area contributed by atoms with Crippen LogP contribution in [0.2, 0.25) is 0 Å². The van der Waals surface area contributed by atoms with Gasteiger partial charge in [-0.15, -0.1) is 0 Å². The molecule has 1 aromatic rings. The Kier molecular flexibility index (Phi) is 8.96. The van der Waals surface area contributed by atoms with Crippen LogP contribution in [-0.4, -0.2) is 35.5 Å². The summed E-state index contributed by atoms with van der Waals surface area (Å²) < 4.78 is 0. The highest BCUT2D eigenvalue weighted by atomic mass is 16.2. The lowest BCUT2D eigenvalue weighted by atomic mass is 9.89. The number of unbranched alkanes of at least 4 members (excludes halogenated alkanes) is 3. The number of amides is 1. The summed E-state index contributed by atoms with van der Waals surface area (Å²) in [4.78, 5) is 27.4. The molecule has 1 amide bonds. The highest BCUT2D eigenvalue weighted by Crippen LogP contribution is 2.22. The fourth-order valence-corrected chi connectivity index (χ4v) is 2.53. The SMILES string of the molecule is CC(=O)C(=N)c1cccnc1NCC(=O)NCCCCCCC(C)(C)C. The Balaban J connectivity index is 2.27. The van der Waals surface area contributed by atoms with Crippen LogP contribution in [0.25, 0.3) is 0 Å². The van der Waals surface area contributed by atoms with Crippen molar-refractivity contribution >= 4 is 23.2 Å². The van der Waals surface area contributed by atoms with Crippen LogP contribution in [0, 0.1) is 10.8 Å². The third-order valence-corrected chi connectivity index (χ3v) is 4.02. The van der Waals surface area contributed by atoms with Gasteiger partial charge in [-0.3, -0.25) is 15.0 Å². The number of hydrogen-bond donors (Lipinski definition) is 3. The Hall–Kier alpha value is -2.24. The zero-order valence-corrected chi connectivity index (χ0v) is 16.4. The predicted octanol–water partition coefficient (Wildman–Crippen LogP) is 3.56. The zero-order valence-electron chi connectivity index (χ0n) is 16.4. The fraction of sp³-hybridized carbons (Fsp3) is 0.600. The van der Waals surface area contributed by atoms with Gasteiger partial charge in [0, 0.05) is 25.2 Å². The summed E-state index contributed by atoms with van der Waals surface area (Å²) in [5.41, 5.74) is 0.686. The lowest BCUT2D eigenvalue weighted by Crippen LogP contribution is -2.31. The van der Waals surface area contributed by atoms with E-state index in [0.29, 0.717) is 23.3 Å². The van der Waals surface area contributed by atoms with Crippen molar-refractivity contribution in [3.8, 4) is 0 Å². The predicted molar refractivity (Wildman–Crippen MR) is 106 cm³/mol. The summed E-state index contributed by atoms with van der Waals surface area (Å²) in [7, 11) is 0. The van der Waals surface area contributed by atoms with Crippen LogP contribution in [0.4, 0.5) is 5.82 Å². The molecular weight excluding hydrogens is 328 g/mol. The molecule has 3 N–H and O–H groups in total. The summed E-state index contributed by atoms with van der Waals surface area (Å²) in [6.07, 6.45) is 7.29. The molecule has 26 heavy (non-hydrogen) atoms. The maximum absolute atomic E-state index is 11.9. The number of pyridine rings is 1. The van der Waals surface area contributed by atoms with Crippen molar-refractivity contribution in [2.24, 2.45) is 5.41 Å². The van der Waals surface area contributed by atoms with Crippen molar-refractivity contribution in [3.63, 3.8) is 0 Å². The van der Waals surface area contributed by atoms with Crippen LogP contribution in [0.5, 0.6) is 0 Å². The second-order valence-electron chi connectivity index (χ2n) is 7.76. The minimum absolute atomic E-state index is 0.0687. The smallest absolute Gasteiger partial charge is 0.239 e. The molecule has 6 nitrogen and oxygen atoms in total. The molecule has 0 fully saturated rings. The Morgan fingerprint density at radius 1 is 1.15 bits per heavy atom. The van der Waals surface area contributed by atoms with Crippen LogP contribution < -0.4 is 10.6 Å². The number of Topliss-reactive ketones (excluding diaryl/α,β-unsaturated/α-hetero) is 1. The van der Waals surface area contributed by atoms with Crippen LogP contribution in [-0.2, 0) is 9.59 Å². The van der Waals surface area contributed by atoms with E-state index in [1.165, 1.54) is 26.2 Å². The highest BCUT2D eigenvalue weighted by Gasteiger charge is 2.13. The fourth-order valence-electron chi connectivity index (χ4n) is 2.53. The summed E-state index contributed by atoms with van der Waals surface area (Å²) in [6, 6.07) is 3.31. The largest absolute Gasteiger partial charge is 0.360 e. The Morgan fingerprint density at radius 2 is 1.85 bits per heavy atom.